The van der Waals surface area contributed by atoms with Crippen molar-refractivity contribution in [3.8, 4) is 0 Å². The van der Waals surface area contributed by atoms with Crippen LogP contribution in [0.4, 0.5) is 16.2 Å². The molecule has 128 valence electrons. The zero-order valence-corrected chi connectivity index (χ0v) is 14.8. The Kier molecular flexibility index (Phi) is 6.06. The Balaban J connectivity index is 1.89. The molecule has 0 aromatic heterocycles. The summed E-state index contributed by atoms with van der Waals surface area (Å²) in [5, 5.41) is 16.1. The molecule has 0 aliphatic carbocycles. The van der Waals surface area contributed by atoms with Crippen LogP contribution in [0, 0.1) is 6.92 Å². The number of benzene rings is 2. The Bertz CT molecular complexity index is 702. The molecule has 2 aromatic rings. The molecule has 0 bridgehead atoms. The van der Waals surface area contributed by atoms with Gasteiger partial charge >= 0.3 is 6.03 Å². The summed E-state index contributed by atoms with van der Waals surface area (Å²) in [6, 6.07) is 12.2. The van der Waals surface area contributed by atoms with E-state index in [1.165, 1.54) is 0 Å². The maximum Gasteiger partial charge on any atom is 0.319 e. The fraction of sp³-hybridized carbons (Fsp3) is 0.278. The quantitative estimate of drug-likeness (QED) is 0.774. The number of aryl methyl sites for hydroxylation is 1. The molecule has 0 aliphatic rings. The van der Waals surface area contributed by atoms with E-state index in [1.54, 1.807) is 24.3 Å². The van der Waals surface area contributed by atoms with Crippen LogP contribution in [0.5, 0.6) is 0 Å². The number of rotatable bonds is 5. The van der Waals surface area contributed by atoms with Gasteiger partial charge in [-0.2, -0.15) is 0 Å². The van der Waals surface area contributed by atoms with E-state index in [0.717, 1.165) is 11.3 Å². The lowest BCUT2D eigenvalue weighted by Crippen LogP contribution is -2.32. The summed E-state index contributed by atoms with van der Waals surface area (Å²) >= 11 is 5.81. The van der Waals surface area contributed by atoms with Gasteiger partial charge in [0, 0.05) is 37.0 Å². The van der Waals surface area contributed by atoms with Crippen LogP contribution < -0.4 is 15.5 Å². The standard InChI is InChI=1S/C18H22ClN3O2/c1-12-10-15(8-9-16(12)22(2)3)21-18(24)20-11-17(23)13-4-6-14(19)7-5-13/h4-10,17,23H,11H2,1-3H3,(H2,20,21,24). The first-order chi connectivity index (χ1) is 11.4. The third-order valence-corrected chi connectivity index (χ3v) is 3.90. The average molecular weight is 348 g/mol. The molecule has 0 fully saturated rings. The molecule has 2 rings (SSSR count). The van der Waals surface area contributed by atoms with Crippen LogP contribution in [-0.4, -0.2) is 31.8 Å². The van der Waals surface area contributed by atoms with Gasteiger partial charge in [0.2, 0.25) is 0 Å². The summed E-state index contributed by atoms with van der Waals surface area (Å²) in [5.74, 6) is 0. The number of urea groups is 1. The lowest BCUT2D eigenvalue weighted by atomic mass is 10.1. The molecule has 3 N–H and O–H groups in total. The van der Waals surface area contributed by atoms with Gasteiger partial charge in [-0.15, -0.1) is 0 Å². The second-order valence-electron chi connectivity index (χ2n) is 5.80. The topological polar surface area (TPSA) is 64.6 Å². The first-order valence-electron chi connectivity index (χ1n) is 7.63. The summed E-state index contributed by atoms with van der Waals surface area (Å²) in [6.07, 6.45) is -0.786. The Morgan fingerprint density at radius 1 is 1.21 bits per heavy atom. The van der Waals surface area contributed by atoms with E-state index >= 15 is 0 Å². The van der Waals surface area contributed by atoms with Crippen molar-refractivity contribution in [2.75, 3.05) is 30.9 Å². The first-order valence-corrected chi connectivity index (χ1v) is 8.01. The van der Waals surface area contributed by atoms with Gasteiger partial charge in [-0.3, -0.25) is 0 Å². The average Bonchev–Trinajstić information content (AvgIpc) is 2.53. The summed E-state index contributed by atoms with van der Waals surface area (Å²) in [6.45, 7) is 2.10. The molecule has 2 aromatic carbocycles. The van der Waals surface area contributed by atoms with E-state index < -0.39 is 6.10 Å². The van der Waals surface area contributed by atoms with Crippen LogP contribution in [0.1, 0.15) is 17.2 Å². The number of aliphatic hydroxyl groups is 1. The number of aliphatic hydroxyl groups excluding tert-OH is 1. The van der Waals surface area contributed by atoms with E-state index in [9.17, 15) is 9.90 Å². The van der Waals surface area contributed by atoms with Crippen molar-refractivity contribution in [2.24, 2.45) is 0 Å². The molecule has 0 aliphatic heterocycles. The van der Waals surface area contributed by atoms with Crippen LogP contribution in [0.3, 0.4) is 0 Å². The molecule has 6 heteroatoms. The molecule has 24 heavy (non-hydrogen) atoms. The molecule has 0 heterocycles. The molecule has 0 saturated heterocycles. The van der Waals surface area contributed by atoms with E-state index in [1.807, 2.05) is 44.1 Å². The lowest BCUT2D eigenvalue weighted by Gasteiger charge is -2.17. The Morgan fingerprint density at radius 3 is 2.46 bits per heavy atom. The number of nitrogens with zero attached hydrogens (tertiary/aromatic N) is 1. The van der Waals surface area contributed by atoms with Crippen LogP contribution in [-0.2, 0) is 0 Å². The van der Waals surface area contributed by atoms with Gasteiger partial charge in [0.25, 0.3) is 0 Å². The largest absolute Gasteiger partial charge is 0.387 e. The summed E-state index contributed by atoms with van der Waals surface area (Å²) in [4.78, 5) is 14.0. The van der Waals surface area contributed by atoms with E-state index in [0.29, 0.717) is 16.3 Å². The molecular weight excluding hydrogens is 326 g/mol. The minimum atomic E-state index is -0.786. The Morgan fingerprint density at radius 2 is 1.88 bits per heavy atom. The minimum Gasteiger partial charge on any atom is -0.387 e. The number of amides is 2. The Hall–Kier alpha value is -2.24. The maximum absolute atomic E-state index is 12.0. The highest BCUT2D eigenvalue weighted by Crippen LogP contribution is 2.21. The zero-order chi connectivity index (χ0) is 17.7. The third kappa shape index (κ3) is 4.88. The molecule has 1 unspecified atom stereocenters. The van der Waals surface area contributed by atoms with Crippen molar-refractivity contribution in [3.05, 3.63) is 58.6 Å². The molecule has 2 amide bonds. The minimum absolute atomic E-state index is 0.113. The second kappa shape index (κ2) is 8.04. The van der Waals surface area contributed by atoms with Crippen LogP contribution in [0.25, 0.3) is 0 Å². The summed E-state index contributed by atoms with van der Waals surface area (Å²) in [5.41, 5.74) is 3.57. The fourth-order valence-electron chi connectivity index (χ4n) is 2.40. The van der Waals surface area contributed by atoms with Gasteiger partial charge in [-0.1, -0.05) is 23.7 Å². The predicted molar refractivity (Wildman–Crippen MR) is 98.9 cm³/mol. The fourth-order valence-corrected chi connectivity index (χ4v) is 2.53. The molecule has 1 atom stereocenters. The second-order valence-corrected chi connectivity index (χ2v) is 6.23. The van der Waals surface area contributed by atoms with Gasteiger partial charge < -0.3 is 20.6 Å². The molecule has 0 spiro atoms. The molecular formula is C18H22ClN3O2. The summed E-state index contributed by atoms with van der Waals surface area (Å²) in [7, 11) is 3.95. The maximum atomic E-state index is 12.0. The highest BCUT2D eigenvalue weighted by molar-refractivity contribution is 6.30. The lowest BCUT2D eigenvalue weighted by molar-refractivity contribution is 0.175. The van der Waals surface area contributed by atoms with Gasteiger partial charge in [0.1, 0.15) is 0 Å². The van der Waals surface area contributed by atoms with Crippen molar-refractivity contribution in [3.63, 3.8) is 0 Å². The van der Waals surface area contributed by atoms with E-state index in [-0.39, 0.29) is 12.6 Å². The number of carbonyl (C=O) groups is 1. The third-order valence-electron chi connectivity index (χ3n) is 3.65. The van der Waals surface area contributed by atoms with Crippen molar-refractivity contribution in [1.29, 1.82) is 0 Å². The van der Waals surface area contributed by atoms with Crippen LogP contribution in [0.2, 0.25) is 5.02 Å². The van der Waals surface area contributed by atoms with Crippen molar-refractivity contribution < 1.29 is 9.90 Å². The Labute approximate surface area is 147 Å². The molecule has 0 radical (unpaired) electrons. The number of halogens is 1. The van der Waals surface area contributed by atoms with Crippen molar-refractivity contribution in [1.82, 2.24) is 5.32 Å². The normalized spacial score (nSPS) is 11.7. The SMILES string of the molecule is Cc1cc(NC(=O)NCC(O)c2ccc(Cl)cc2)ccc1N(C)C. The highest BCUT2D eigenvalue weighted by atomic mass is 35.5. The van der Waals surface area contributed by atoms with E-state index in [4.69, 9.17) is 11.6 Å². The van der Waals surface area contributed by atoms with Gasteiger partial charge in [0.05, 0.1) is 6.10 Å². The summed E-state index contributed by atoms with van der Waals surface area (Å²) < 4.78 is 0. The molecule has 0 saturated carbocycles. The van der Waals surface area contributed by atoms with Crippen LogP contribution in [0.15, 0.2) is 42.5 Å². The highest BCUT2D eigenvalue weighted by Gasteiger charge is 2.10. The van der Waals surface area contributed by atoms with Crippen LogP contribution >= 0.6 is 11.6 Å². The van der Waals surface area contributed by atoms with E-state index in [2.05, 4.69) is 10.6 Å². The first kappa shape index (κ1) is 18.1. The van der Waals surface area contributed by atoms with Crippen molar-refractivity contribution >= 4 is 29.0 Å². The predicted octanol–water partition coefficient (Wildman–Crippen LogP) is 3.57. The van der Waals surface area contributed by atoms with Gasteiger partial charge in [-0.05, 0) is 48.4 Å². The van der Waals surface area contributed by atoms with Gasteiger partial charge in [0.15, 0.2) is 0 Å². The molecule has 5 nitrogen and oxygen atoms in total. The number of hydrogen-bond acceptors (Lipinski definition) is 3. The smallest absolute Gasteiger partial charge is 0.319 e. The number of carbonyl (C=O) groups excluding carboxylic acids is 1. The number of nitrogens with one attached hydrogen (secondary N) is 2. The number of hydrogen-bond donors (Lipinski definition) is 3. The monoisotopic (exact) mass is 347 g/mol. The van der Waals surface area contributed by atoms with Crippen molar-refractivity contribution in [2.45, 2.75) is 13.0 Å². The zero-order valence-electron chi connectivity index (χ0n) is 14.0. The number of anilines is 2. The van der Waals surface area contributed by atoms with Gasteiger partial charge in [-0.25, -0.2) is 4.79 Å².